The second kappa shape index (κ2) is 8.37. The van der Waals surface area contributed by atoms with E-state index < -0.39 is 0 Å². The van der Waals surface area contributed by atoms with Crippen LogP contribution < -0.4 is 10.1 Å². The fraction of sp³-hybridized carbons (Fsp3) is 0.150. The van der Waals surface area contributed by atoms with Crippen molar-refractivity contribution in [2.24, 2.45) is 0 Å². The Labute approximate surface area is 167 Å². The van der Waals surface area contributed by atoms with Crippen LogP contribution in [0.2, 0.25) is 10.0 Å². The Morgan fingerprint density at radius 3 is 2.56 bits per heavy atom. The van der Waals surface area contributed by atoms with Gasteiger partial charge in [0.15, 0.2) is 0 Å². The molecule has 3 aromatic rings. The minimum Gasteiger partial charge on any atom is -0.484 e. The number of pyridine rings is 2. The van der Waals surface area contributed by atoms with Gasteiger partial charge >= 0.3 is 0 Å². The Hall–Kier alpha value is -2.63. The molecule has 7 heteroatoms. The molecule has 0 saturated carbocycles. The minimum atomic E-state index is -0.347. The van der Waals surface area contributed by atoms with Gasteiger partial charge in [-0.25, -0.2) is 0 Å². The zero-order valence-corrected chi connectivity index (χ0v) is 16.3. The number of hydrogen-bond donors (Lipinski definition) is 1. The van der Waals surface area contributed by atoms with Crippen molar-refractivity contribution in [3.05, 3.63) is 81.9 Å². The molecule has 3 rings (SSSR count). The van der Waals surface area contributed by atoms with Gasteiger partial charge < -0.3 is 10.1 Å². The summed E-state index contributed by atoms with van der Waals surface area (Å²) in [6, 6.07) is 10.9. The van der Waals surface area contributed by atoms with Gasteiger partial charge in [-0.15, -0.1) is 0 Å². The molecule has 0 saturated heterocycles. The van der Waals surface area contributed by atoms with Crippen LogP contribution in [0.15, 0.2) is 55.0 Å². The van der Waals surface area contributed by atoms with E-state index >= 15 is 0 Å². The van der Waals surface area contributed by atoms with Crippen LogP contribution in [-0.2, 0) is 0 Å². The highest BCUT2D eigenvalue weighted by Crippen LogP contribution is 2.30. The molecule has 2 aromatic heterocycles. The smallest absolute Gasteiger partial charge is 0.255 e. The van der Waals surface area contributed by atoms with Gasteiger partial charge in [0.05, 0.1) is 21.4 Å². The summed E-state index contributed by atoms with van der Waals surface area (Å²) in [6.45, 7) is 3.82. The standard InChI is InChI=1S/C20H17Cl2N3O2/c1-12-6-7-14(20(26)25-19-15(21)10-23-11-16(19)22)9-18(12)27-13(2)17-5-3-4-8-24-17/h3-11,13H,1-2H3,(H,23,25,26). The Morgan fingerprint density at radius 2 is 1.89 bits per heavy atom. The van der Waals surface area contributed by atoms with Gasteiger partial charge in [0.25, 0.3) is 5.91 Å². The van der Waals surface area contributed by atoms with Crippen molar-refractivity contribution in [1.29, 1.82) is 0 Å². The first-order valence-electron chi connectivity index (χ1n) is 8.24. The molecule has 1 unspecified atom stereocenters. The van der Waals surface area contributed by atoms with Crippen molar-refractivity contribution < 1.29 is 9.53 Å². The van der Waals surface area contributed by atoms with Crippen LogP contribution in [0.4, 0.5) is 5.69 Å². The van der Waals surface area contributed by atoms with E-state index in [9.17, 15) is 4.79 Å². The molecule has 0 radical (unpaired) electrons. The number of carbonyl (C=O) groups excluding carboxylic acids is 1. The molecule has 0 aliphatic rings. The number of carbonyl (C=O) groups is 1. The summed E-state index contributed by atoms with van der Waals surface area (Å²) < 4.78 is 6.02. The monoisotopic (exact) mass is 401 g/mol. The lowest BCUT2D eigenvalue weighted by molar-refractivity contribution is 0.102. The van der Waals surface area contributed by atoms with Crippen molar-refractivity contribution in [3.8, 4) is 5.75 Å². The molecule has 138 valence electrons. The molecule has 0 aliphatic heterocycles. The number of aryl methyl sites for hydroxylation is 1. The molecule has 0 fully saturated rings. The summed E-state index contributed by atoms with van der Waals surface area (Å²) in [5.74, 6) is 0.257. The fourth-order valence-electron chi connectivity index (χ4n) is 2.45. The molecule has 1 atom stereocenters. The van der Waals surface area contributed by atoms with E-state index in [2.05, 4.69) is 15.3 Å². The molecule has 0 spiro atoms. The van der Waals surface area contributed by atoms with Crippen LogP contribution in [0.1, 0.15) is 34.6 Å². The van der Waals surface area contributed by atoms with Crippen LogP contribution in [0, 0.1) is 6.92 Å². The number of anilines is 1. The van der Waals surface area contributed by atoms with E-state index in [1.807, 2.05) is 38.1 Å². The summed E-state index contributed by atoms with van der Waals surface area (Å²) >= 11 is 12.1. The second-order valence-corrected chi connectivity index (χ2v) is 6.74. The summed E-state index contributed by atoms with van der Waals surface area (Å²) in [5.41, 5.74) is 2.47. The number of nitrogens with one attached hydrogen (secondary N) is 1. The molecule has 1 N–H and O–H groups in total. The largest absolute Gasteiger partial charge is 0.484 e. The Morgan fingerprint density at radius 1 is 1.15 bits per heavy atom. The number of halogens is 2. The summed E-state index contributed by atoms with van der Waals surface area (Å²) in [7, 11) is 0. The van der Waals surface area contributed by atoms with Crippen LogP contribution in [0.5, 0.6) is 5.75 Å². The molecule has 5 nitrogen and oxygen atoms in total. The van der Waals surface area contributed by atoms with Gasteiger partial charge in [0.2, 0.25) is 0 Å². The van der Waals surface area contributed by atoms with E-state index in [0.717, 1.165) is 11.3 Å². The molecule has 2 heterocycles. The third-order valence-electron chi connectivity index (χ3n) is 3.95. The van der Waals surface area contributed by atoms with E-state index in [4.69, 9.17) is 27.9 Å². The van der Waals surface area contributed by atoms with Gasteiger partial charge in [-0.2, -0.15) is 0 Å². The number of ether oxygens (including phenoxy) is 1. The van der Waals surface area contributed by atoms with E-state index in [1.54, 1.807) is 18.3 Å². The van der Waals surface area contributed by atoms with Crippen LogP contribution in [0.3, 0.4) is 0 Å². The third-order valence-corrected chi connectivity index (χ3v) is 4.52. The van der Waals surface area contributed by atoms with Gasteiger partial charge in [-0.1, -0.05) is 35.3 Å². The van der Waals surface area contributed by atoms with E-state index in [0.29, 0.717) is 17.0 Å². The van der Waals surface area contributed by atoms with Crippen molar-refractivity contribution in [3.63, 3.8) is 0 Å². The summed E-state index contributed by atoms with van der Waals surface area (Å²) in [6.07, 6.45) is 4.30. The molecule has 1 amide bonds. The summed E-state index contributed by atoms with van der Waals surface area (Å²) in [4.78, 5) is 20.8. The fourth-order valence-corrected chi connectivity index (χ4v) is 2.91. The number of aromatic nitrogens is 2. The zero-order chi connectivity index (χ0) is 19.4. The Kier molecular flexibility index (Phi) is 5.94. The topological polar surface area (TPSA) is 64.1 Å². The molecular formula is C20H17Cl2N3O2. The Balaban J connectivity index is 1.81. The minimum absolute atomic E-state index is 0.257. The Bertz CT molecular complexity index is 944. The van der Waals surface area contributed by atoms with Gasteiger partial charge in [0.1, 0.15) is 11.9 Å². The maximum absolute atomic E-state index is 12.6. The number of benzene rings is 1. The average Bonchev–Trinajstić information content (AvgIpc) is 2.67. The molecule has 0 bridgehead atoms. The second-order valence-electron chi connectivity index (χ2n) is 5.93. The molecule has 27 heavy (non-hydrogen) atoms. The first-order valence-corrected chi connectivity index (χ1v) is 9.00. The number of amides is 1. The van der Waals surface area contributed by atoms with E-state index in [1.165, 1.54) is 12.4 Å². The van der Waals surface area contributed by atoms with Gasteiger partial charge in [-0.3, -0.25) is 14.8 Å². The molecule has 0 aliphatic carbocycles. The van der Waals surface area contributed by atoms with Crippen LogP contribution >= 0.6 is 23.2 Å². The van der Waals surface area contributed by atoms with E-state index in [-0.39, 0.29) is 22.1 Å². The average molecular weight is 402 g/mol. The van der Waals surface area contributed by atoms with Crippen molar-refractivity contribution in [1.82, 2.24) is 9.97 Å². The summed E-state index contributed by atoms with van der Waals surface area (Å²) in [5, 5.41) is 3.25. The van der Waals surface area contributed by atoms with Crippen molar-refractivity contribution in [2.75, 3.05) is 5.32 Å². The quantitative estimate of drug-likeness (QED) is 0.614. The number of nitrogens with zero attached hydrogens (tertiary/aromatic N) is 2. The van der Waals surface area contributed by atoms with Crippen LogP contribution in [0.25, 0.3) is 0 Å². The third kappa shape index (κ3) is 4.56. The van der Waals surface area contributed by atoms with Gasteiger partial charge in [-0.05, 0) is 43.7 Å². The highest BCUT2D eigenvalue weighted by atomic mass is 35.5. The molecule has 1 aromatic carbocycles. The lowest BCUT2D eigenvalue weighted by atomic mass is 10.1. The lowest BCUT2D eigenvalue weighted by Crippen LogP contribution is -2.13. The van der Waals surface area contributed by atoms with Gasteiger partial charge in [0, 0.05) is 24.2 Å². The first kappa shape index (κ1) is 19.1. The number of rotatable bonds is 5. The first-order chi connectivity index (χ1) is 13.0. The van der Waals surface area contributed by atoms with Crippen LogP contribution in [-0.4, -0.2) is 15.9 Å². The predicted octanol–water partition coefficient (Wildman–Crippen LogP) is 5.48. The highest BCUT2D eigenvalue weighted by molar-refractivity contribution is 6.39. The maximum atomic E-state index is 12.6. The highest BCUT2D eigenvalue weighted by Gasteiger charge is 2.15. The van der Waals surface area contributed by atoms with Crippen molar-refractivity contribution >= 4 is 34.8 Å². The number of hydrogen-bond acceptors (Lipinski definition) is 4. The normalized spacial score (nSPS) is 11.7. The zero-order valence-electron chi connectivity index (χ0n) is 14.7. The van der Waals surface area contributed by atoms with Crippen molar-refractivity contribution in [2.45, 2.75) is 20.0 Å². The molecular weight excluding hydrogens is 385 g/mol. The predicted molar refractivity (Wildman–Crippen MR) is 107 cm³/mol. The maximum Gasteiger partial charge on any atom is 0.255 e. The SMILES string of the molecule is Cc1ccc(C(=O)Nc2c(Cl)cncc2Cl)cc1OC(C)c1ccccn1. The lowest BCUT2D eigenvalue weighted by Gasteiger charge is -2.17.